The molecule has 1 heterocycles. The summed E-state index contributed by atoms with van der Waals surface area (Å²) in [5.74, 6) is -0.157. The zero-order valence-corrected chi connectivity index (χ0v) is 11.6. The zero-order chi connectivity index (χ0) is 13.3. The number of hydrogen-bond acceptors (Lipinski definition) is 2. The van der Waals surface area contributed by atoms with Gasteiger partial charge in [-0.05, 0) is 31.5 Å². The zero-order valence-electron chi connectivity index (χ0n) is 10.1. The normalized spacial score (nSPS) is 10.7. The van der Waals surface area contributed by atoms with Gasteiger partial charge in [0.25, 0.3) is 5.56 Å². The summed E-state index contributed by atoms with van der Waals surface area (Å²) in [7, 11) is 0. The van der Waals surface area contributed by atoms with Gasteiger partial charge in [0.05, 0.1) is 5.56 Å². The molecule has 0 aliphatic carbocycles. The smallest absolute Gasteiger partial charge is 0.254 e. The van der Waals surface area contributed by atoms with E-state index in [0.717, 1.165) is 0 Å². The van der Waals surface area contributed by atoms with E-state index in [9.17, 15) is 9.18 Å². The molecule has 0 aliphatic heterocycles. The van der Waals surface area contributed by atoms with Crippen LogP contribution in [0.3, 0.4) is 0 Å². The van der Waals surface area contributed by atoms with Gasteiger partial charge in [-0.15, -0.1) is 0 Å². The summed E-state index contributed by atoms with van der Waals surface area (Å²) in [6, 6.07) is 4.64. The molecule has 94 valence electrons. The number of aryl methyl sites for hydroxylation is 1. The molecule has 3 nitrogen and oxygen atoms in total. The lowest BCUT2D eigenvalue weighted by Gasteiger charge is -2.06. The third kappa shape index (κ3) is 2.36. The van der Waals surface area contributed by atoms with Gasteiger partial charge in [0.15, 0.2) is 0 Å². The van der Waals surface area contributed by atoms with Crippen LogP contribution in [0, 0.1) is 12.7 Å². The largest absolute Gasteiger partial charge is 0.306 e. The van der Waals surface area contributed by atoms with Crippen LogP contribution in [-0.2, 0) is 6.42 Å². The molecule has 0 fully saturated rings. The average Bonchev–Trinajstić information content (AvgIpc) is 2.28. The minimum Gasteiger partial charge on any atom is -0.306 e. The van der Waals surface area contributed by atoms with Crippen molar-refractivity contribution in [2.75, 3.05) is 0 Å². The first kappa shape index (κ1) is 13.0. The summed E-state index contributed by atoms with van der Waals surface area (Å²) in [6.45, 7) is 3.65. The minimum atomic E-state index is -0.420. The second-order valence-electron chi connectivity index (χ2n) is 3.96. The predicted molar refractivity (Wildman–Crippen MR) is 72.1 cm³/mol. The molecular formula is C13H12BrFN2O. The Morgan fingerprint density at radius 2 is 2.17 bits per heavy atom. The Labute approximate surface area is 112 Å². The summed E-state index contributed by atoms with van der Waals surface area (Å²) in [5, 5.41) is 0. The Morgan fingerprint density at radius 1 is 1.44 bits per heavy atom. The highest BCUT2D eigenvalue weighted by Crippen LogP contribution is 2.22. The molecule has 0 bridgehead atoms. The van der Waals surface area contributed by atoms with Crippen LogP contribution in [0.4, 0.5) is 4.39 Å². The molecular weight excluding hydrogens is 299 g/mol. The van der Waals surface area contributed by atoms with E-state index in [4.69, 9.17) is 0 Å². The number of aromatic nitrogens is 2. The van der Waals surface area contributed by atoms with Gasteiger partial charge >= 0.3 is 0 Å². The molecule has 0 saturated heterocycles. The average molecular weight is 311 g/mol. The Morgan fingerprint density at radius 3 is 2.72 bits per heavy atom. The van der Waals surface area contributed by atoms with E-state index in [2.05, 4.69) is 25.9 Å². The Bertz CT molecular complexity index is 652. The summed E-state index contributed by atoms with van der Waals surface area (Å²) in [4.78, 5) is 18.7. The van der Waals surface area contributed by atoms with Crippen molar-refractivity contribution in [1.29, 1.82) is 0 Å². The van der Waals surface area contributed by atoms with E-state index in [1.165, 1.54) is 6.07 Å². The van der Waals surface area contributed by atoms with Gasteiger partial charge in [0.2, 0.25) is 0 Å². The van der Waals surface area contributed by atoms with Gasteiger partial charge in [-0.3, -0.25) is 4.79 Å². The summed E-state index contributed by atoms with van der Waals surface area (Å²) in [6.07, 6.45) is 0.608. The van der Waals surface area contributed by atoms with Crippen LogP contribution in [0.15, 0.2) is 27.5 Å². The first-order valence-corrected chi connectivity index (χ1v) is 6.37. The molecule has 2 rings (SSSR count). The Hall–Kier alpha value is -1.49. The molecule has 0 radical (unpaired) electrons. The third-order valence-corrected chi connectivity index (χ3v) is 3.26. The van der Waals surface area contributed by atoms with Crippen molar-refractivity contribution in [3.05, 3.63) is 50.1 Å². The number of hydrogen-bond donors (Lipinski definition) is 1. The van der Waals surface area contributed by atoms with Gasteiger partial charge < -0.3 is 4.98 Å². The highest BCUT2D eigenvalue weighted by atomic mass is 79.9. The number of H-pyrrole nitrogens is 1. The van der Waals surface area contributed by atoms with Gasteiger partial charge in [-0.2, -0.15) is 0 Å². The monoisotopic (exact) mass is 310 g/mol. The van der Waals surface area contributed by atoms with Crippen molar-refractivity contribution in [1.82, 2.24) is 9.97 Å². The molecule has 0 aliphatic rings. The van der Waals surface area contributed by atoms with E-state index in [1.54, 1.807) is 19.1 Å². The maximum atomic E-state index is 13.8. The van der Waals surface area contributed by atoms with Crippen molar-refractivity contribution >= 4 is 15.9 Å². The number of aromatic amines is 1. The van der Waals surface area contributed by atoms with E-state index >= 15 is 0 Å². The van der Waals surface area contributed by atoms with Crippen molar-refractivity contribution in [2.45, 2.75) is 20.3 Å². The van der Waals surface area contributed by atoms with Crippen LogP contribution in [0.2, 0.25) is 0 Å². The summed E-state index contributed by atoms with van der Waals surface area (Å²) in [5.41, 5.74) is 1.36. The molecule has 0 amide bonds. The van der Waals surface area contributed by atoms with Crippen LogP contribution in [0.5, 0.6) is 0 Å². The lowest BCUT2D eigenvalue weighted by Crippen LogP contribution is -2.17. The van der Waals surface area contributed by atoms with Crippen LogP contribution < -0.4 is 5.56 Å². The molecule has 0 atom stereocenters. The van der Waals surface area contributed by atoms with Gasteiger partial charge in [0.1, 0.15) is 11.6 Å². The number of rotatable bonds is 2. The molecule has 0 saturated carbocycles. The van der Waals surface area contributed by atoms with E-state index in [-0.39, 0.29) is 11.4 Å². The first-order chi connectivity index (χ1) is 8.52. The van der Waals surface area contributed by atoms with Crippen molar-refractivity contribution in [2.24, 2.45) is 0 Å². The predicted octanol–water partition coefficient (Wildman–Crippen LogP) is 3.21. The molecule has 0 unspecified atom stereocenters. The third-order valence-electron chi connectivity index (χ3n) is 2.76. The first-order valence-electron chi connectivity index (χ1n) is 5.58. The van der Waals surface area contributed by atoms with Gasteiger partial charge in [-0.25, -0.2) is 9.37 Å². The van der Waals surface area contributed by atoms with Crippen LogP contribution in [-0.4, -0.2) is 9.97 Å². The Kier molecular flexibility index (Phi) is 3.61. The topological polar surface area (TPSA) is 45.8 Å². The van der Waals surface area contributed by atoms with Crippen molar-refractivity contribution in [3.63, 3.8) is 0 Å². The standard InChI is InChI=1S/C13H12BrFN2O/c1-3-9-7(2)16-12(17-13(9)18)10-5-4-8(14)6-11(10)15/h4-6H,3H2,1-2H3,(H,16,17,18). The second-order valence-corrected chi connectivity index (χ2v) is 4.87. The van der Waals surface area contributed by atoms with Crippen LogP contribution in [0.1, 0.15) is 18.2 Å². The van der Waals surface area contributed by atoms with Gasteiger partial charge in [-0.1, -0.05) is 22.9 Å². The molecule has 1 N–H and O–H groups in total. The summed E-state index contributed by atoms with van der Waals surface area (Å²) >= 11 is 3.19. The minimum absolute atomic E-state index is 0.206. The van der Waals surface area contributed by atoms with E-state index < -0.39 is 5.82 Å². The molecule has 1 aromatic heterocycles. The molecule has 2 aromatic rings. The van der Waals surface area contributed by atoms with E-state index in [1.807, 2.05) is 6.92 Å². The SMILES string of the molecule is CCc1c(C)nc(-c2ccc(Br)cc2F)[nH]c1=O. The number of nitrogens with one attached hydrogen (secondary N) is 1. The quantitative estimate of drug-likeness (QED) is 0.925. The summed E-state index contributed by atoms with van der Waals surface area (Å²) < 4.78 is 14.4. The lowest BCUT2D eigenvalue weighted by atomic mass is 10.1. The fourth-order valence-corrected chi connectivity index (χ4v) is 2.17. The second kappa shape index (κ2) is 5.02. The maximum Gasteiger partial charge on any atom is 0.254 e. The highest BCUT2D eigenvalue weighted by molar-refractivity contribution is 9.10. The number of halogens is 2. The van der Waals surface area contributed by atoms with Crippen LogP contribution >= 0.6 is 15.9 Å². The van der Waals surface area contributed by atoms with Crippen LogP contribution in [0.25, 0.3) is 11.4 Å². The lowest BCUT2D eigenvalue weighted by molar-refractivity contribution is 0.629. The number of nitrogens with zero attached hydrogens (tertiary/aromatic N) is 1. The Balaban J connectivity index is 2.62. The number of benzene rings is 1. The fourth-order valence-electron chi connectivity index (χ4n) is 1.84. The van der Waals surface area contributed by atoms with Crippen molar-refractivity contribution in [3.8, 4) is 11.4 Å². The maximum absolute atomic E-state index is 13.8. The fraction of sp³-hybridized carbons (Fsp3) is 0.231. The van der Waals surface area contributed by atoms with Crippen molar-refractivity contribution < 1.29 is 4.39 Å². The highest BCUT2D eigenvalue weighted by Gasteiger charge is 2.11. The molecule has 5 heteroatoms. The van der Waals surface area contributed by atoms with E-state index in [0.29, 0.717) is 27.7 Å². The molecule has 0 spiro atoms. The van der Waals surface area contributed by atoms with Gasteiger partial charge in [0, 0.05) is 15.7 Å². The molecule has 1 aromatic carbocycles. The molecule has 18 heavy (non-hydrogen) atoms.